The van der Waals surface area contributed by atoms with E-state index < -0.39 is 0 Å². The standard InChI is InChI=1S/C14H18FNO2/c1-10-8-16(7-6-13(10)17)9-14(18)11-2-4-12(15)5-3-11/h2-5,10,13,17H,6-9H2,1H3. The van der Waals surface area contributed by atoms with Crippen molar-refractivity contribution in [2.45, 2.75) is 19.4 Å². The van der Waals surface area contributed by atoms with E-state index in [9.17, 15) is 14.3 Å². The molecule has 1 saturated heterocycles. The highest BCUT2D eigenvalue weighted by molar-refractivity contribution is 5.97. The number of hydrogen-bond acceptors (Lipinski definition) is 3. The van der Waals surface area contributed by atoms with Gasteiger partial charge in [0, 0.05) is 18.7 Å². The number of nitrogens with zero attached hydrogens (tertiary/aromatic N) is 1. The molecule has 1 aliphatic heterocycles. The molecule has 1 heterocycles. The van der Waals surface area contributed by atoms with Crippen LogP contribution in [0.3, 0.4) is 0 Å². The number of carbonyl (C=O) groups excluding carboxylic acids is 1. The summed E-state index contributed by atoms with van der Waals surface area (Å²) in [5.74, 6) is -0.139. The van der Waals surface area contributed by atoms with Crippen LogP contribution in [-0.4, -0.2) is 41.5 Å². The van der Waals surface area contributed by atoms with Crippen molar-refractivity contribution >= 4 is 5.78 Å². The van der Waals surface area contributed by atoms with Crippen LogP contribution in [0.15, 0.2) is 24.3 Å². The van der Waals surface area contributed by atoms with E-state index in [0.717, 1.165) is 13.1 Å². The van der Waals surface area contributed by atoms with Crippen LogP contribution in [0.2, 0.25) is 0 Å². The van der Waals surface area contributed by atoms with Gasteiger partial charge in [-0.15, -0.1) is 0 Å². The third-order valence-corrected chi connectivity index (χ3v) is 3.48. The number of aliphatic hydroxyl groups is 1. The molecule has 0 radical (unpaired) electrons. The first kappa shape index (κ1) is 13.2. The van der Waals surface area contributed by atoms with E-state index in [2.05, 4.69) is 0 Å². The van der Waals surface area contributed by atoms with Crippen molar-refractivity contribution in [3.8, 4) is 0 Å². The molecule has 1 aromatic carbocycles. The van der Waals surface area contributed by atoms with E-state index in [1.165, 1.54) is 24.3 Å². The molecular weight excluding hydrogens is 233 g/mol. The molecule has 0 bridgehead atoms. The Morgan fingerprint density at radius 1 is 1.44 bits per heavy atom. The van der Waals surface area contributed by atoms with E-state index in [1.54, 1.807) is 0 Å². The fourth-order valence-corrected chi connectivity index (χ4v) is 2.29. The molecule has 0 spiro atoms. The summed E-state index contributed by atoms with van der Waals surface area (Å²) in [4.78, 5) is 14.0. The zero-order valence-corrected chi connectivity index (χ0v) is 10.5. The number of aliphatic hydroxyl groups excluding tert-OH is 1. The van der Waals surface area contributed by atoms with Crippen LogP contribution in [-0.2, 0) is 0 Å². The van der Waals surface area contributed by atoms with Crippen LogP contribution in [0.5, 0.6) is 0 Å². The predicted octanol–water partition coefficient (Wildman–Crippen LogP) is 1.71. The fourth-order valence-electron chi connectivity index (χ4n) is 2.29. The molecule has 2 unspecified atom stereocenters. The molecule has 1 aromatic rings. The molecule has 0 aromatic heterocycles. The van der Waals surface area contributed by atoms with Crippen LogP contribution in [0, 0.1) is 11.7 Å². The Morgan fingerprint density at radius 3 is 2.72 bits per heavy atom. The van der Waals surface area contributed by atoms with Crippen LogP contribution >= 0.6 is 0 Å². The quantitative estimate of drug-likeness (QED) is 0.831. The number of carbonyl (C=O) groups is 1. The summed E-state index contributed by atoms with van der Waals surface area (Å²) in [6.45, 7) is 3.79. The van der Waals surface area contributed by atoms with E-state index in [4.69, 9.17) is 0 Å². The van der Waals surface area contributed by atoms with E-state index in [-0.39, 0.29) is 23.6 Å². The molecule has 3 nitrogen and oxygen atoms in total. The van der Waals surface area contributed by atoms with Crippen molar-refractivity contribution < 1.29 is 14.3 Å². The normalized spacial score (nSPS) is 25.1. The molecule has 1 N–H and O–H groups in total. The lowest BCUT2D eigenvalue weighted by molar-refractivity contribution is 0.0344. The Labute approximate surface area is 106 Å². The van der Waals surface area contributed by atoms with Crippen LogP contribution in [0.25, 0.3) is 0 Å². The molecule has 0 saturated carbocycles. The first-order chi connectivity index (χ1) is 8.56. The lowest BCUT2D eigenvalue weighted by Gasteiger charge is -2.33. The molecule has 2 rings (SSSR count). The molecule has 2 atom stereocenters. The zero-order chi connectivity index (χ0) is 13.1. The minimum atomic E-state index is -0.332. The Bertz CT molecular complexity index is 418. The second kappa shape index (κ2) is 5.59. The summed E-state index contributed by atoms with van der Waals surface area (Å²) in [7, 11) is 0. The van der Waals surface area contributed by atoms with E-state index in [0.29, 0.717) is 18.5 Å². The van der Waals surface area contributed by atoms with Gasteiger partial charge >= 0.3 is 0 Å². The van der Waals surface area contributed by atoms with Gasteiger partial charge in [0.2, 0.25) is 0 Å². The number of halogens is 1. The average Bonchev–Trinajstić information content (AvgIpc) is 2.34. The topological polar surface area (TPSA) is 40.5 Å². The van der Waals surface area contributed by atoms with Gasteiger partial charge in [-0.25, -0.2) is 4.39 Å². The van der Waals surface area contributed by atoms with Gasteiger partial charge in [0.05, 0.1) is 12.6 Å². The van der Waals surface area contributed by atoms with E-state index in [1.807, 2.05) is 11.8 Å². The third kappa shape index (κ3) is 3.15. The minimum absolute atomic E-state index is 0.00131. The summed E-state index contributed by atoms with van der Waals surface area (Å²) >= 11 is 0. The number of ketones is 1. The van der Waals surface area contributed by atoms with Crippen LogP contribution in [0.1, 0.15) is 23.7 Å². The van der Waals surface area contributed by atoms with Crippen LogP contribution in [0.4, 0.5) is 4.39 Å². The van der Waals surface area contributed by atoms with Gasteiger partial charge in [-0.3, -0.25) is 9.69 Å². The number of rotatable bonds is 3. The van der Waals surface area contributed by atoms with Gasteiger partial charge in [-0.2, -0.15) is 0 Å². The number of benzene rings is 1. The van der Waals surface area contributed by atoms with Gasteiger partial charge in [0.25, 0.3) is 0 Å². The SMILES string of the molecule is CC1CN(CC(=O)c2ccc(F)cc2)CCC1O. The van der Waals surface area contributed by atoms with Crippen molar-refractivity contribution in [2.24, 2.45) is 5.92 Å². The van der Waals surface area contributed by atoms with Gasteiger partial charge in [-0.05, 0) is 36.6 Å². The lowest BCUT2D eigenvalue weighted by atomic mass is 9.96. The summed E-state index contributed by atoms with van der Waals surface area (Å²) < 4.78 is 12.8. The monoisotopic (exact) mass is 251 g/mol. The van der Waals surface area contributed by atoms with Crippen molar-refractivity contribution in [1.82, 2.24) is 4.90 Å². The van der Waals surface area contributed by atoms with Crippen molar-refractivity contribution in [1.29, 1.82) is 0 Å². The zero-order valence-electron chi connectivity index (χ0n) is 10.5. The molecular formula is C14H18FNO2. The molecule has 0 amide bonds. The number of Topliss-reactive ketones (excluding diaryl/α,β-unsaturated/α-hetero) is 1. The lowest BCUT2D eigenvalue weighted by Crippen LogP contribution is -2.44. The summed E-state index contributed by atoms with van der Waals surface area (Å²) in [5, 5.41) is 9.62. The molecule has 98 valence electrons. The van der Waals surface area contributed by atoms with Gasteiger partial charge in [-0.1, -0.05) is 6.92 Å². The first-order valence-electron chi connectivity index (χ1n) is 6.25. The Morgan fingerprint density at radius 2 is 2.11 bits per heavy atom. The number of piperidine rings is 1. The average molecular weight is 251 g/mol. The molecule has 0 aliphatic carbocycles. The second-order valence-electron chi connectivity index (χ2n) is 5.00. The Balaban J connectivity index is 1.93. The second-order valence-corrected chi connectivity index (χ2v) is 5.00. The van der Waals surface area contributed by atoms with Gasteiger partial charge in [0.1, 0.15) is 5.82 Å². The van der Waals surface area contributed by atoms with Crippen molar-refractivity contribution in [2.75, 3.05) is 19.6 Å². The highest BCUT2D eigenvalue weighted by Crippen LogP contribution is 2.17. The Kier molecular flexibility index (Phi) is 4.09. The van der Waals surface area contributed by atoms with Gasteiger partial charge < -0.3 is 5.11 Å². The maximum Gasteiger partial charge on any atom is 0.176 e. The van der Waals surface area contributed by atoms with E-state index >= 15 is 0 Å². The smallest absolute Gasteiger partial charge is 0.176 e. The third-order valence-electron chi connectivity index (χ3n) is 3.48. The summed E-state index contributed by atoms with van der Waals surface area (Å²) in [6.07, 6.45) is 0.444. The summed E-state index contributed by atoms with van der Waals surface area (Å²) in [6, 6.07) is 5.63. The molecule has 4 heteroatoms. The van der Waals surface area contributed by atoms with Crippen molar-refractivity contribution in [3.63, 3.8) is 0 Å². The number of hydrogen-bond donors (Lipinski definition) is 1. The van der Waals surface area contributed by atoms with Crippen LogP contribution < -0.4 is 0 Å². The first-order valence-corrected chi connectivity index (χ1v) is 6.25. The maximum absolute atomic E-state index is 12.8. The molecule has 1 aliphatic rings. The van der Waals surface area contributed by atoms with Gasteiger partial charge in [0.15, 0.2) is 5.78 Å². The molecule has 18 heavy (non-hydrogen) atoms. The molecule has 1 fully saturated rings. The highest BCUT2D eigenvalue weighted by Gasteiger charge is 2.25. The largest absolute Gasteiger partial charge is 0.393 e. The minimum Gasteiger partial charge on any atom is -0.393 e. The fraction of sp³-hybridized carbons (Fsp3) is 0.500. The highest BCUT2D eigenvalue weighted by atomic mass is 19.1. The van der Waals surface area contributed by atoms with Crippen molar-refractivity contribution in [3.05, 3.63) is 35.6 Å². The number of likely N-dealkylation sites (tertiary alicyclic amines) is 1. The maximum atomic E-state index is 12.8. The Hall–Kier alpha value is -1.26. The summed E-state index contributed by atoms with van der Waals surface area (Å²) in [5.41, 5.74) is 0.537. The predicted molar refractivity (Wildman–Crippen MR) is 67.0 cm³/mol.